The summed E-state index contributed by atoms with van der Waals surface area (Å²) in [7, 11) is 1.61. The number of rotatable bonds is 3. The number of phenols is 1. The molecule has 128 valence electrons. The van der Waals surface area contributed by atoms with Gasteiger partial charge in [-0.1, -0.05) is 0 Å². The van der Waals surface area contributed by atoms with Gasteiger partial charge in [-0.15, -0.1) is 0 Å². The first-order valence-corrected chi connectivity index (χ1v) is 9.77. The number of nitrogens with zero attached hydrogens (tertiary/aromatic N) is 1. The minimum absolute atomic E-state index is 0.188. The van der Waals surface area contributed by atoms with Gasteiger partial charge in [-0.2, -0.15) is 0 Å². The number of hydrogen-bond acceptors (Lipinski definition) is 5. The fraction of sp³-hybridized carbons (Fsp3) is 0.0588. The second kappa shape index (κ2) is 7.79. The largest absolute Gasteiger partial charge is 0.506 e. The minimum Gasteiger partial charge on any atom is -0.506 e. The predicted molar refractivity (Wildman–Crippen MR) is 112 cm³/mol. The van der Waals surface area contributed by atoms with Gasteiger partial charge in [0, 0.05) is 0 Å². The lowest BCUT2D eigenvalue weighted by atomic mass is 10.2. The molecule has 8 heteroatoms. The van der Waals surface area contributed by atoms with Crippen LogP contribution in [-0.4, -0.2) is 23.3 Å². The van der Waals surface area contributed by atoms with Crippen LogP contribution < -0.4 is 10.1 Å². The molecule has 5 nitrogen and oxygen atoms in total. The molecule has 1 saturated heterocycles. The Labute approximate surface area is 170 Å². The molecule has 0 unspecified atom stereocenters. The van der Waals surface area contributed by atoms with E-state index >= 15 is 0 Å². The number of aromatic hydroxyl groups is 1. The Balaban J connectivity index is 1.83. The van der Waals surface area contributed by atoms with Crippen molar-refractivity contribution in [1.82, 2.24) is 5.32 Å². The minimum atomic E-state index is -0.198. The molecule has 1 aliphatic rings. The second-order valence-corrected chi connectivity index (χ2v) is 8.06. The zero-order valence-electron chi connectivity index (χ0n) is 12.9. The van der Waals surface area contributed by atoms with E-state index in [9.17, 15) is 9.90 Å². The predicted octanol–water partition coefficient (Wildman–Crippen LogP) is 4.66. The van der Waals surface area contributed by atoms with Crippen LogP contribution in [0.3, 0.4) is 0 Å². The van der Waals surface area contributed by atoms with Crippen LogP contribution >= 0.6 is 50.3 Å². The normalized spacial score (nSPS) is 17.2. The van der Waals surface area contributed by atoms with Gasteiger partial charge in [0.25, 0.3) is 5.91 Å². The fourth-order valence-electron chi connectivity index (χ4n) is 2.07. The molecule has 1 aliphatic heterocycles. The van der Waals surface area contributed by atoms with Crippen LogP contribution in [0.5, 0.6) is 11.5 Å². The van der Waals surface area contributed by atoms with Gasteiger partial charge in [0.05, 0.1) is 25.7 Å². The molecule has 1 fully saturated rings. The van der Waals surface area contributed by atoms with Crippen molar-refractivity contribution >= 4 is 73.1 Å². The number of hydrogen-bond donors (Lipinski definition) is 2. The van der Waals surface area contributed by atoms with E-state index < -0.39 is 0 Å². The first-order chi connectivity index (χ1) is 12.0. The summed E-state index contributed by atoms with van der Waals surface area (Å²) < 4.78 is 6.40. The van der Waals surface area contributed by atoms with Crippen molar-refractivity contribution in [3.8, 4) is 11.5 Å². The summed E-state index contributed by atoms with van der Waals surface area (Å²) in [5.41, 5.74) is 1.55. The van der Waals surface area contributed by atoms with Crippen LogP contribution in [0.1, 0.15) is 5.56 Å². The first kappa shape index (κ1) is 18.3. The SMILES string of the molecule is COc1ccc(N=C2NC(=O)/C(=C\c3cc(Br)c(O)c(I)c3)S2)cc1. The number of ether oxygens (including phenoxy) is 1. The third-order valence-electron chi connectivity index (χ3n) is 3.29. The Bertz CT molecular complexity index is 874. The highest BCUT2D eigenvalue weighted by atomic mass is 127. The van der Waals surface area contributed by atoms with Gasteiger partial charge in [-0.25, -0.2) is 4.99 Å². The standard InChI is InChI=1S/C17H12BrIN2O3S/c1-24-11-4-2-10(3-5-11)20-17-21-16(23)14(25-17)8-9-6-12(18)15(22)13(19)7-9/h2-8,22H,1H3,(H,20,21,23)/b14-8+. The van der Waals surface area contributed by atoms with Crippen LogP contribution in [0.2, 0.25) is 0 Å². The summed E-state index contributed by atoms with van der Waals surface area (Å²) in [5, 5.41) is 13.1. The summed E-state index contributed by atoms with van der Waals surface area (Å²) in [5.74, 6) is 0.740. The number of halogens is 2. The molecule has 1 heterocycles. The molecule has 0 atom stereocenters. The summed E-state index contributed by atoms with van der Waals surface area (Å²) in [6.07, 6.45) is 1.77. The Morgan fingerprint density at radius 2 is 2.04 bits per heavy atom. The summed E-state index contributed by atoms with van der Waals surface area (Å²) in [6, 6.07) is 10.8. The lowest BCUT2D eigenvalue weighted by Gasteiger charge is -2.02. The molecule has 3 rings (SSSR count). The van der Waals surface area contributed by atoms with Crippen LogP contribution in [0.15, 0.2) is 50.8 Å². The third kappa shape index (κ3) is 4.36. The first-order valence-electron chi connectivity index (χ1n) is 7.08. The van der Waals surface area contributed by atoms with Crippen molar-refractivity contribution in [1.29, 1.82) is 0 Å². The number of carbonyl (C=O) groups is 1. The molecular weight excluding hydrogens is 519 g/mol. The van der Waals surface area contributed by atoms with E-state index in [1.54, 1.807) is 25.3 Å². The molecule has 2 aromatic carbocycles. The van der Waals surface area contributed by atoms with E-state index in [0.717, 1.165) is 17.0 Å². The van der Waals surface area contributed by atoms with Gasteiger partial charge in [-0.3, -0.25) is 4.79 Å². The molecule has 0 spiro atoms. The summed E-state index contributed by atoms with van der Waals surface area (Å²) in [4.78, 5) is 17.1. The van der Waals surface area contributed by atoms with E-state index in [1.807, 2.05) is 46.9 Å². The number of benzene rings is 2. The number of amidine groups is 1. The monoisotopic (exact) mass is 530 g/mol. The van der Waals surface area contributed by atoms with E-state index in [4.69, 9.17) is 4.74 Å². The van der Waals surface area contributed by atoms with Crippen molar-refractivity contribution in [3.63, 3.8) is 0 Å². The molecule has 0 radical (unpaired) electrons. The maximum Gasteiger partial charge on any atom is 0.264 e. The second-order valence-electron chi connectivity index (χ2n) is 5.01. The lowest BCUT2D eigenvalue weighted by Crippen LogP contribution is -2.19. The molecule has 25 heavy (non-hydrogen) atoms. The maximum absolute atomic E-state index is 12.2. The average Bonchev–Trinajstić information content (AvgIpc) is 2.92. The number of phenolic OH excluding ortho intramolecular Hbond substituents is 1. The lowest BCUT2D eigenvalue weighted by molar-refractivity contribution is -0.115. The van der Waals surface area contributed by atoms with Crippen LogP contribution in [0, 0.1) is 3.57 Å². The van der Waals surface area contributed by atoms with Crippen molar-refractivity contribution < 1.29 is 14.6 Å². The Hall–Kier alpha value is -1.52. The number of nitrogens with one attached hydrogen (secondary N) is 1. The molecule has 2 aromatic rings. The van der Waals surface area contributed by atoms with E-state index in [2.05, 4.69) is 26.2 Å². The highest BCUT2D eigenvalue weighted by molar-refractivity contribution is 14.1. The molecule has 0 saturated carbocycles. The Morgan fingerprint density at radius 3 is 2.68 bits per heavy atom. The van der Waals surface area contributed by atoms with Crippen molar-refractivity contribution in [3.05, 3.63) is 54.9 Å². The number of carbonyl (C=O) groups excluding carboxylic acids is 1. The zero-order valence-corrected chi connectivity index (χ0v) is 17.5. The number of thioether (sulfide) groups is 1. The molecule has 2 N–H and O–H groups in total. The van der Waals surface area contributed by atoms with Crippen molar-refractivity contribution in [2.75, 3.05) is 7.11 Å². The van der Waals surface area contributed by atoms with Crippen molar-refractivity contribution in [2.45, 2.75) is 0 Å². The smallest absolute Gasteiger partial charge is 0.264 e. The van der Waals surface area contributed by atoms with Crippen LogP contribution in [0.25, 0.3) is 6.08 Å². The van der Waals surface area contributed by atoms with Gasteiger partial charge >= 0.3 is 0 Å². The number of aliphatic imine (C=N–C) groups is 1. The third-order valence-corrected chi connectivity index (χ3v) is 5.63. The summed E-state index contributed by atoms with van der Waals surface area (Å²) >= 11 is 6.62. The highest BCUT2D eigenvalue weighted by Crippen LogP contribution is 2.33. The van der Waals surface area contributed by atoms with Gasteiger partial charge in [-0.05, 0) is 98.3 Å². The number of amides is 1. The maximum atomic E-state index is 12.2. The van der Waals surface area contributed by atoms with E-state index in [1.165, 1.54) is 11.8 Å². The molecule has 0 bridgehead atoms. The molecular formula is C17H12BrIN2O3S. The van der Waals surface area contributed by atoms with Gasteiger partial charge in [0.15, 0.2) is 5.17 Å². The van der Waals surface area contributed by atoms with E-state index in [0.29, 0.717) is 18.1 Å². The Morgan fingerprint density at radius 1 is 1.32 bits per heavy atom. The Kier molecular flexibility index (Phi) is 5.70. The number of methoxy groups -OCH3 is 1. The average molecular weight is 531 g/mol. The van der Waals surface area contributed by atoms with Gasteiger partial charge in [0.2, 0.25) is 0 Å². The van der Waals surface area contributed by atoms with Crippen LogP contribution in [0.4, 0.5) is 5.69 Å². The summed E-state index contributed by atoms with van der Waals surface area (Å²) in [6.45, 7) is 0. The topological polar surface area (TPSA) is 70.9 Å². The quantitative estimate of drug-likeness (QED) is 0.447. The van der Waals surface area contributed by atoms with Gasteiger partial charge < -0.3 is 15.2 Å². The fourth-order valence-corrected chi connectivity index (χ4v) is 4.41. The van der Waals surface area contributed by atoms with Crippen LogP contribution in [-0.2, 0) is 4.79 Å². The van der Waals surface area contributed by atoms with Crippen molar-refractivity contribution in [2.24, 2.45) is 4.99 Å². The zero-order chi connectivity index (χ0) is 18.0. The van der Waals surface area contributed by atoms with Gasteiger partial charge in [0.1, 0.15) is 11.5 Å². The van der Waals surface area contributed by atoms with E-state index in [-0.39, 0.29) is 11.7 Å². The highest BCUT2D eigenvalue weighted by Gasteiger charge is 2.24. The molecule has 0 aromatic heterocycles. The molecule has 0 aliphatic carbocycles. The molecule has 1 amide bonds.